The van der Waals surface area contributed by atoms with Crippen LogP contribution in [0.4, 0.5) is 0 Å². The van der Waals surface area contributed by atoms with Gasteiger partial charge in [-0.05, 0) is 26.2 Å². The molecule has 104 valence electrons. The third-order valence-electron chi connectivity index (χ3n) is 3.75. The van der Waals surface area contributed by atoms with Crippen molar-refractivity contribution >= 4 is 0 Å². The van der Waals surface area contributed by atoms with Crippen LogP contribution in [0.15, 0.2) is 12.4 Å². The van der Waals surface area contributed by atoms with Crippen LogP contribution in [-0.4, -0.2) is 40.5 Å². The van der Waals surface area contributed by atoms with E-state index in [1.807, 2.05) is 0 Å². The number of aromatic nitrogens is 2. The van der Waals surface area contributed by atoms with Crippen LogP contribution in [0.25, 0.3) is 0 Å². The van der Waals surface area contributed by atoms with Gasteiger partial charge in [-0.2, -0.15) is 0 Å². The summed E-state index contributed by atoms with van der Waals surface area (Å²) in [5.41, 5.74) is 0. The fourth-order valence-electron chi connectivity index (χ4n) is 2.12. The first-order chi connectivity index (χ1) is 8.65. The zero-order valence-corrected chi connectivity index (χ0v) is 12.7. The van der Waals surface area contributed by atoms with Crippen LogP contribution in [0.3, 0.4) is 0 Å². The molecule has 0 aliphatic heterocycles. The highest BCUT2D eigenvalue weighted by atomic mass is 15.3. The summed E-state index contributed by atoms with van der Waals surface area (Å²) in [6.45, 7) is 17.4. The molecule has 0 bridgehead atoms. The van der Waals surface area contributed by atoms with Gasteiger partial charge in [0.25, 0.3) is 5.82 Å². The van der Waals surface area contributed by atoms with Crippen LogP contribution < -0.4 is 4.57 Å². The number of hydrogen-bond acceptors (Lipinski definition) is 2. The first kappa shape index (κ1) is 15.2. The normalized spacial score (nSPS) is 11.7. The summed E-state index contributed by atoms with van der Waals surface area (Å²) in [5.74, 6) is 1.33. The molecule has 0 amide bonds. The van der Waals surface area contributed by atoms with E-state index in [4.69, 9.17) is 0 Å². The molecule has 1 aromatic heterocycles. The second-order valence-corrected chi connectivity index (χ2v) is 4.67. The Bertz CT molecular complexity index is 306. The smallest absolute Gasteiger partial charge is 0.255 e. The van der Waals surface area contributed by atoms with Gasteiger partial charge in [-0.1, -0.05) is 27.7 Å². The number of hydrogen-bond donors (Lipinski definition) is 0. The van der Waals surface area contributed by atoms with Crippen molar-refractivity contribution in [2.75, 3.05) is 26.2 Å². The molecule has 0 saturated carbocycles. The maximum Gasteiger partial charge on any atom is 0.255 e. The Morgan fingerprint density at radius 1 is 1.00 bits per heavy atom. The monoisotopic (exact) mass is 253 g/mol. The lowest BCUT2D eigenvalue weighted by molar-refractivity contribution is -0.720. The molecule has 0 atom stereocenters. The predicted molar refractivity (Wildman–Crippen MR) is 75.2 cm³/mol. The minimum Gasteiger partial charge on any atom is -0.268 e. The molecule has 0 fully saturated rings. The van der Waals surface area contributed by atoms with Crippen molar-refractivity contribution in [1.29, 1.82) is 0 Å². The zero-order valence-electron chi connectivity index (χ0n) is 12.7. The van der Waals surface area contributed by atoms with E-state index in [-0.39, 0.29) is 0 Å². The molecule has 1 rings (SSSR count). The number of rotatable bonds is 8. The lowest BCUT2D eigenvalue weighted by atomic mass is 10.5. The van der Waals surface area contributed by atoms with Crippen molar-refractivity contribution in [2.24, 2.45) is 0 Å². The first-order valence-electron chi connectivity index (χ1n) is 7.16. The highest BCUT2D eigenvalue weighted by Crippen LogP contribution is 1.99. The Balaban J connectivity index is 2.71. The maximum absolute atomic E-state index is 2.43. The largest absolute Gasteiger partial charge is 0.268 e. The van der Waals surface area contributed by atoms with Crippen molar-refractivity contribution in [3.63, 3.8) is 0 Å². The van der Waals surface area contributed by atoms with Crippen molar-refractivity contribution < 1.29 is 4.57 Å². The average molecular weight is 253 g/mol. The lowest BCUT2D eigenvalue weighted by Gasteiger charge is -2.17. The summed E-state index contributed by atoms with van der Waals surface area (Å²) < 4.78 is 4.66. The quantitative estimate of drug-likeness (QED) is 0.655. The molecule has 0 aromatic carbocycles. The molecular formula is C14H29N4+. The van der Waals surface area contributed by atoms with Gasteiger partial charge in [0.2, 0.25) is 0 Å². The van der Waals surface area contributed by atoms with Gasteiger partial charge in [-0.25, -0.2) is 9.13 Å². The molecule has 0 aliphatic rings. The third kappa shape index (κ3) is 3.82. The van der Waals surface area contributed by atoms with Gasteiger partial charge in [0.05, 0.1) is 0 Å². The summed E-state index contributed by atoms with van der Waals surface area (Å²) in [6, 6.07) is 0. The Morgan fingerprint density at radius 2 is 1.56 bits per heavy atom. The molecule has 1 aromatic rings. The molecule has 0 unspecified atom stereocenters. The Kier molecular flexibility index (Phi) is 6.36. The Morgan fingerprint density at radius 3 is 2.06 bits per heavy atom. The van der Waals surface area contributed by atoms with E-state index in [1.165, 1.54) is 5.82 Å². The van der Waals surface area contributed by atoms with Crippen LogP contribution in [0.2, 0.25) is 0 Å². The Hall–Kier alpha value is -0.870. The van der Waals surface area contributed by atoms with Crippen molar-refractivity contribution in [1.82, 2.24) is 14.4 Å². The van der Waals surface area contributed by atoms with E-state index in [1.54, 1.807) is 0 Å². The van der Waals surface area contributed by atoms with Gasteiger partial charge < -0.3 is 0 Å². The minimum atomic E-state index is 0.990. The lowest BCUT2D eigenvalue weighted by Crippen LogP contribution is -2.45. The standard InChI is InChI=1S/C14H29N4/c1-6-15(7-2)12-17-10-11-18(14(17)5)13-16(8-3)9-4/h10-11H,6-9,12-13H2,1-5H3/q+1. The summed E-state index contributed by atoms with van der Waals surface area (Å²) in [5, 5.41) is 0. The third-order valence-corrected chi connectivity index (χ3v) is 3.75. The van der Waals surface area contributed by atoms with E-state index in [0.717, 1.165) is 39.5 Å². The van der Waals surface area contributed by atoms with E-state index in [2.05, 4.69) is 65.9 Å². The van der Waals surface area contributed by atoms with Crippen molar-refractivity contribution in [3.05, 3.63) is 18.2 Å². The van der Waals surface area contributed by atoms with Crippen molar-refractivity contribution in [3.8, 4) is 0 Å². The first-order valence-corrected chi connectivity index (χ1v) is 7.16. The molecule has 1 heterocycles. The van der Waals surface area contributed by atoms with Gasteiger partial charge in [0, 0.05) is 6.92 Å². The summed E-state index contributed by atoms with van der Waals surface area (Å²) in [7, 11) is 0. The highest BCUT2D eigenvalue weighted by molar-refractivity contribution is 4.79. The second-order valence-electron chi connectivity index (χ2n) is 4.67. The van der Waals surface area contributed by atoms with Gasteiger partial charge in [-0.3, -0.25) is 9.80 Å². The summed E-state index contributed by atoms with van der Waals surface area (Å²) >= 11 is 0. The fourth-order valence-corrected chi connectivity index (χ4v) is 2.12. The molecule has 0 aliphatic carbocycles. The molecule has 18 heavy (non-hydrogen) atoms. The predicted octanol–water partition coefficient (Wildman–Crippen LogP) is 1.68. The van der Waals surface area contributed by atoms with Gasteiger partial charge in [0.15, 0.2) is 0 Å². The van der Waals surface area contributed by atoms with Crippen LogP contribution >= 0.6 is 0 Å². The molecule has 0 spiro atoms. The van der Waals surface area contributed by atoms with E-state index >= 15 is 0 Å². The molecular weight excluding hydrogens is 224 g/mol. The SMILES string of the molecule is CCN(CC)Cn1cc[n+](CN(CC)CC)c1C. The average Bonchev–Trinajstić information content (AvgIpc) is 2.74. The van der Waals surface area contributed by atoms with E-state index < -0.39 is 0 Å². The van der Waals surface area contributed by atoms with Gasteiger partial charge in [0.1, 0.15) is 25.7 Å². The fraction of sp³-hybridized carbons (Fsp3) is 0.786. The molecule has 4 heteroatoms. The topological polar surface area (TPSA) is 15.3 Å². The zero-order chi connectivity index (χ0) is 13.5. The van der Waals surface area contributed by atoms with Gasteiger partial charge >= 0.3 is 0 Å². The molecule has 0 radical (unpaired) electrons. The van der Waals surface area contributed by atoms with Crippen LogP contribution in [0, 0.1) is 6.92 Å². The van der Waals surface area contributed by atoms with E-state index in [9.17, 15) is 0 Å². The van der Waals surface area contributed by atoms with Crippen LogP contribution in [0.1, 0.15) is 33.5 Å². The molecule has 0 saturated heterocycles. The molecule has 4 nitrogen and oxygen atoms in total. The maximum atomic E-state index is 2.43. The number of nitrogens with zero attached hydrogens (tertiary/aromatic N) is 4. The van der Waals surface area contributed by atoms with E-state index in [0.29, 0.717) is 0 Å². The summed E-state index contributed by atoms with van der Waals surface area (Å²) in [6.07, 6.45) is 4.38. The van der Waals surface area contributed by atoms with Crippen molar-refractivity contribution in [2.45, 2.75) is 48.0 Å². The number of imidazole rings is 1. The van der Waals surface area contributed by atoms with Crippen LogP contribution in [-0.2, 0) is 13.3 Å². The van der Waals surface area contributed by atoms with Gasteiger partial charge in [-0.15, -0.1) is 0 Å². The second kappa shape index (κ2) is 7.54. The van der Waals surface area contributed by atoms with Crippen LogP contribution in [0.5, 0.6) is 0 Å². The molecule has 0 N–H and O–H groups in total. The highest BCUT2D eigenvalue weighted by Gasteiger charge is 2.15. The Labute approximate surface area is 112 Å². The summed E-state index contributed by atoms with van der Waals surface area (Å²) in [4.78, 5) is 4.85. The minimum absolute atomic E-state index is 0.990.